The van der Waals surface area contributed by atoms with E-state index in [1.165, 1.54) is 0 Å². The van der Waals surface area contributed by atoms with Crippen LogP contribution >= 0.6 is 11.5 Å². The standard InChI is InChI=1S/C24H27N5O2S/c1-17-9-11-20(12-10-17)29(24(31)21-16-32-28-27-21)22(19-8-5-13-25-15-19)23(30)26-14-18-6-3-2-4-7-18/h2-8,13,15-17,20,22H,9-12,14H2,1H3,(H,26,30). The topological polar surface area (TPSA) is 88.1 Å². The number of carbonyl (C=O) groups excluding carboxylic acids is 2. The molecule has 3 aromatic rings. The smallest absolute Gasteiger partial charge is 0.276 e. The number of nitrogens with one attached hydrogen (secondary N) is 1. The molecule has 1 aromatic carbocycles. The molecule has 2 amide bonds. The maximum Gasteiger partial charge on any atom is 0.276 e. The Morgan fingerprint density at radius 1 is 1.12 bits per heavy atom. The first-order valence-electron chi connectivity index (χ1n) is 10.9. The Morgan fingerprint density at radius 3 is 2.56 bits per heavy atom. The van der Waals surface area contributed by atoms with E-state index in [-0.39, 0.29) is 23.6 Å². The number of rotatable bonds is 7. The molecular weight excluding hydrogens is 422 g/mol. The molecule has 8 heteroatoms. The molecule has 2 aromatic heterocycles. The quantitative estimate of drug-likeness (QED) is 0.589. The number of hydrogen-bond donors (Lipinski definition) is 1. The average molecular weight is 450 g/mol. The molecule has 0 bridgehead atoms. The van der Waals surface area contributed by atoms with Gasteiger partial charge in [-0.2, -0.15) is 0 Å². The Labute approximate surface area is 192 Å². The molecule has 0 aliphatic heterocycles. The van der Waals surface area contributed by atoms with Gasteiger partial charge >= 0.3 is 0 Å². The fraction of sp³-hybridized carbons (Fsp3) is 0.375. The lowest BCUT2D eigenvalue weighted by atomic mass is 9.85. The van der Waals surface area contributed by atoms with E-state index in [1.807, 2.05) is 36.4 Å². The van der Waals surface area contributed by atoms with E-state index in [2.05, 4.69) is 26.8 Å². The van der Waals surface area contributed by atoms with Gasteiger partial charge in [0.05, 0.1) is 0 Å². The molecular formula is C24H27N5O2S. The Bertz CT molecular complexity index is 1010. The van der Waals surface area contributed by atoms with Crippen molar-refractivity contribution in [3.05, 3.63) is 77.1 Å². The Balaban J connectivity index is 1.67. The molecule has 1 fully saturated rings. The van der Waals surface area contributed by atoms with Crippen LogP contribution in [0.5, 0.6) is 0 Å². The molecule has 166 valence electrons. The van der Waals surface area contributed by atoms with Crippen LogP contribution in [0.3, 0.4) is 0 Å². The third kappa shape index (κ3) is 5.19. The van der Waals surface area contributed by atoms with Crippen LogP contribution < -0.4 is 5.32 Å². The zero-order chi connectivity index (χ0) is 22.3. The van der Waals surface area contributed by atoms with E-state index in [0.717, 1.165) is 42.8 Å². The maximum absolute atomic E-state index is 13.6. The predicted molar refractivity (Wildman–Crippen MR) is 123 cm³/mol. The van der Waals surface area contributed by atoms with E-state index < -0.39 is 6.04 Å². The molecule has 4 rings (SSSR count). The molecule has 1 atom stereocenters. The number of aromatic nitrogens is 3. The number of benzene rings is 1. The minimum Gasteiger partial charge on any atom is -0.350 e. The second kappa shape index (κ2) is 10.5. The van der Waals surface area contributed by atoms with Gasteiger partial charge in [-0.3, -0.25) is 14.6 Å². The normalized spacial score (nSPS) is 19.2. The van der Waals surface area contributed by atoms with Crippen molar-refractivity contribution in [2.45, 2.75) is 51.2 Å². The molecule has 1 aliphatic rings. The third-order valence-electron chi connectivity index (χ3n) is 6.03. The summed E-state index contributed by atoms with van der Waals surface area (Å²) in [4.78, 5) is 33.1. The van der Waals surface area contributed by atoms with Crippen molar-refractivity contribution in [1.82, 2.24) is 24.8 Å². The molecule has 1 aliphatic carbocycles. The third-order valence-corrected chi connectivity index (χ3v) is 6.53. The van der Waals surface area contributed by atoms with Gasteiger partial charge in [-0.25, -0.2) is 0 Å². The van der Waals surface area contributed by atoms with Gasteiger partial charge in [-0.05, 0) is 54.8 Å². The molecule has 1 unspecified atom stereocenters. The second-order valence-electron chi connectivity index (χ2n) is 8.31. The van der Waals surface area contributed by atoms with Crippen LogP contribution in [-0.2, 0) is 11.3 Å². The van der Waals surface area contributed by atoms with Crippen LogP contribution in [0.1, 0.15) is 60.3 Å². The largest absolute Gasteiger partial charge is 0.350 e. The Hall–Kier alpha value is -3.13. The highest BCUT2D eigenvalue weighted by molar-refractivity contribution is 7.03. The average Bonchev–Trinajstić information content (AvgIpc) is 3.38. The predicted octanol–water partition coefficient (Wildman–Crippen LogP) is 4.01. The van der Waals surface area contributed by atoms with E-state index in [0.29, 0.717) is 18.0 Å². The summed E-state index contributed by atoms with van der Waals surface area (Å²) in [5.74, 6) is 0.131. The minimum atomic E-state index is -0.792. The summed E-state index contributed by atoms with van der Waals surface area (Å²) in [6.07, 6.45) is 7.09. The number of nitrogens with zero attached hydrogens (tertiary/aromatic N) is 4. The van der Waals surface area contributed by atoms with Crippen molar-refractivity contribution in [3.8, 4) is 0 Å². The molecule has 1 saturated carbocycles. The highest BCUT2D eigenvalue weighted by atomic mass is 32.1. The van der Waals surface area contributed by atoms with E-state index >= 15 is 0 Å². The van der Waals surface area contributed by atoms with E-state index in [4.69, 9.17) is 0 Å². The van der Waals surface area contributed by atoms with Crippen LogP contribution in [0.4, 0.5) is 0 Å². The second-order valence-corrected chi connectivity index (χ2v) is 8.92. The van der Waals surface area contributed by atoms with Crippen molar-refractivity contribution in [1.29, 1.82) is 0 Å². The van der Waals surface area contributed by atoms with Gasteiger partial charge in [0.15, 0.2) is 5.69 Å². The van der Waals surface area contributed by atoms with Gasteiger partial charge in [-0.15, -0.1) is 5.10 Å². The summed E-state index contributed by atoms with van der Waals surface area (Å²) < 4.78 is 3.87. The van der Waals surface area contributed by atoms with Gasteiger partial charge in [-0.1, -0.05) is 47.8 Å². The van der Waals surface area contributed by atoms with Crippen LogP contribution in [-0.4, -0.2) is 37.3 Å². The number of carbonyl (C=O) groups is 2. The van der Waals surface area contributed by atoms with Crippen LogP contribution in [0.25, 0.3) is 0 Å². The Kier molecular flexibility index (Phi) is 7.21. The first kappa shape index (κ1) is 22.1. The van der Waals surface area contributed by atoms with Gasteiger partial charge in [0.25, 0.3) is 5.91 Å². The SMILES string of the molecule is CC1CCC(N(C(=O)c2csnn2)C(C(=O)NCc2ccccc2)c2cccnc2)CC1. The molecule has 32 heavy (non-hydrogen) atoms. The summed E-state index contributed by atoms with van der Waals surface area (Å²) >= 11 is 1.13. The van der Waals surface area contributed by atoms with Gasteiger partial charge < -0.3 is 10.2 Å². The van der Waals surface area contributed by atoms with Crippen LogP contribution in [0.15, 0.2) is 60.2 Å². The lowest BCUT2D eigenvalue weighted by Gasteiger charge is -2.40. The molecule has 0 saturated heterocycles. The Morgan fingerprint density at radius 2 is 1.91 bits per heavy atom. The monoisotopic (exact) mass is 449 g/mol. The number of hydrogen-bond acceptors (Lipinski definition) is 6. The molecule has 1 N–H and O–H groups in total. The zero-order valence-corrected chi connectivity index (χ0v) is 18.9. The molecule has 7 nitrogen and oxygen atoms in total. The summed E-state index contributed by atoms with van der Waals surface area (Å²) in [5, 5.41) is 8.68. The number of pyridine rings is 1. The first-order chi connectivity index (χ1) is 15.6. The van der Waals surface area contributed by atoms with Gasteiger partial charge in [0.2, 0.25) is 5.91 Å². The van der Waals surface area contributed by atoms with E-state index in [1.54, 1.807) is 28.7 Å². The fourth-order valence-corrected chi connectivity index (χ4v) is 4.69. The fourth-order valence-electron chi connectivity index (χ4n) is 4.26. The lowest BCUT2D eigenvalue weighted by Crippen LogP contribution is -2.49. The minimum absolute atomic E-state index is 0.0481. The van der Waals surface area contributed by atoms with Crippen molar-refractivity contribution < 1.29 is 9.59 Å². The van der Waals surface area contributed by atoms with Gasteiger partial charge in [0, 0.05) is 35.9 Å². The van der Waals surface area contributed by atoms with Crippen molar-refractivity contribution in [2.75, 3.05) is 0 Å². The lowest BCUT2D eigenvalue weighted by molar-refractivity contribution is -0.127. The van der Waals surface area contributed by atoms with Crippen molar-refractivity contribution >= 4 is 23.3 Å². The molecule has 0 radical (unpaired) electrons. The zero-order valence-electron chi connectivity index (χ0n) is 18.1. The van der Waals surface area contributed by atoms with Crippen LogP contribution in [0, 0.1) is 5.92 Å². The van der Waals surface area contributed by atoms with Crippen LogP contribution in [0.2, 0.25) is 0 Å². The van der Waals surface area contributed by atoms with Crippen molar-refractivity contribution in [3.63, 3.8) is 0 Å². The molecule has 2 heterocycles. The first-order valence-corrected chi connectivity index (χ1v) is 11.8. The highest BCUT2D eigenvalue weighted by Gasteiger charge is 2.39. The summed E-state index contributed by atoms with van der Waals surface area (Å²) in [5.41, 5.74) is 1.96. The van der Waals surface area contributed by atoms with Crippen molar-refractivity contribution in [2.24, 2.45) is 5.92 Å². The number of amides is 2. The maximum atomic E-state index is 13.6. The highest BCUT2D eigenvalue weighted by Crippen LogP contribution is 2.34. The summed E-state index contributed by atoms with van der Waals surface area (Å²) in [6, 6.07) is 12.6. The summed E-state index contributed by atoms with van der Waals surface area (Å²) in [6.45, 7) is 2.62. The summed E-state index contributed by atoms with van der Waals surface area (Å²) in [7, 11) is 0. The molecule has 0 spiro atoms. The van der Waals surface area contributed by atoms with E-state index in [9.17, 15) is 9.59 Å². The van der Waals surface area contributed by atoms with Gasteiger partial charge in [0.1, 0.15) is 6.04 Å².